The molecule has 1 amide bonds. The summed E-state index contributed by atoms with van der Waals surface area (Å²) in [5, 5.41) is 17.9. The Kier molecular flexibility index (Phi) is 4.35. The zero-order valence-electron chi connectivity index (χ0n) is 12.7. The van der Waals surface area contributed by atoms with Crippen LogP contribution in [0.3, 0.4) is 0 Å². The fraction of sp³-hybridized carbons (Fsp3) is 0.235. The zero-order chi connectivity index (χ0) is 16.9. The van der Waals surface area contributed by atoms with Crippen LogP contribution in [0, 0.1) is 22.7 Å². The third-order valence-electron chi connectivity index (χ3n) is 3.72. The quantitative estimate of drug-likeness (QED) is 0.849. The van der Waals surface area contributed by atoms with Crippen molar-refractivity contribution in [3.8, 4) is 18.0 Å². The van der Waals surface area contributed by atoms with Gasteiger partial charge >= 0.3 is 0 Å². The molecular weight excluding hydrogens is 306 g/mol. The lowest BCUT2D eigenvalue weighted by molar-refractivity contribution is 0.0771. The van der Waals surface area contributed by atoms with Gasteiger partial charge < -0.3 is 9.64 Å². The molecule has 0 radical (unpaired) electrons. The van der Waals surface area contributed by atoms with Crippen LogP contribution >= 0.6 is 0 Å². The van der Waals surface area contributed by atoms with E-state index in [0.717, 1.165) is 0 Å². The number of hydrogen-bond donors (Lipinski definition) is 0. The van der Waals surface area contributed by atoms with Gasteiger partial charge in [0.05, 0.1) is 18.2 Å². The Balaban J connectivity index is 1.68. The van der Waals surface area contributed by atoms with E-state index in [1.165, 1.54) is 12.4 Å². The molecule has 3 rings (SSSR count). The minimum atomic E-state index is -0.239. The summed E-state index contributed by atoms with van der Waals surface area (Å²) in [5.74, 6) is 0.0450. The second-order valence-corrected chi connectivity index (χ2v) is 5.29. The molecule has 1 aliphatic heterocycles. The van der Waals surface area contributed by atoms with E-state index in [2.05, 4.69) is 9.97 Å². The highest BCUT2D eigenvalue weighted by Crippen LogP contribution is 2.20. The fourth-order valence-electron chi connectivity index (χ4n) is 2.56. The van der Waals surface area contributed by atoms with Gasteiger partial charge in [0.1, 0.15) is 12.2 Å². The molecule has 0 spiro atoms. The van der Waals surface area contributed by atoms with E-state index in [1.807, 2.05) is 12.1 Å². The van der Waals surface area contributed by atoms with Crippen molar-refractivity contribution in [2.24, 2.45) is 0 Å². The van der Waals surface area contributed by atoms with Crippen LogP contribution in [-0.2, 0) is 0 Å². The highest BCUT2D eigenvalue weighted by Gasteiger charge is 2.29. The van der Waals surface area contributed by atoms with Crippen molar-refractivity contribution in [1.29, 1.82) is 10.5 Å². The van der Waals surface area contributed by atoms with Crippen LogP contribution in [0.25, 0.3) is 0 Å². The van der Waals surface area contributed by atoms with Crippen LogP contribution in [0.5, 0.6) is 5.88 Å². The molecule has 1 saturated heterocycles. The number of hydrogen-bond acceptors (Lipinski definition) is 6. The molecule has 118 valence electrons. The summed E-state index contributed by atoms with van der Waals surface area (Å²) < 4.78 is 5.72. The Morgan fingerprint density at radius 1 is 1.25 bits per heavy atom. The summed E-state index contributed by atoms with van der Waals surface area (Å²) >= 11 is 0. The largest absolute Gasteiger partial charge is 0.470 e. The molecule has 7 nitrogen and oxygen atoms in total. The van der Waals surface area contributed by atoms with Crippen molar-refractivity contribution in [3.63, 3.8) is 0 Å². The molecule has 24 heavy (non-hydrogen) atoms. The van der Waals surface area contributed by atoms with Crippen LogP contribution in [0.2, 0.25) is 0 Å². The molecule has 7 heteroatoms. The van der Waals surface area contributed by atoms with Crippen LogP contribution in [0.1, 0.15) is 28.0 Å². The molecule has 1 aromatic heterocycles. The maximum absolute atomic E-state index is 12.5. The van der Waals surface area contributed by atoms with Crippen LogP contribution in [0.15, 0.2) is 36.7 Å². The minimum absolute atomic E-state index is 0.129. The number of aromatic nitrogens is 2. The molecule has 0 N–H and O–H groups in total. The first-order chi connectivity index (χ1) is 11.7. The number of nitrogens with zero attached hydrogens (tertiary/aromatic N) is 5. The molecular formula is C17H13N5O2. The standard InChI is InChI=1S/C17H13N5O2/c18-9-12-2-1-3-13(8-12)17(23)22-7-4-14(11-22)24-16-15(10-19)20-5-6-21-16/h1-3,5-6,8,14H,4,7,11H2. The predicted molar refractivity (Wildman–Crippen MR) is 82.8 cm³/mol. The lowest BCUT2D eigenvalue weighted by Crippen LogP contribution is -2.31. The van der Waals surface area contributed by atoms with Gasteiger partial charge in [0, 0.05) is 30.9 Å². The lowest BCUT2D eigenvalue weighted by atomic mass is 10.1. The predicted octanol–water partition coefficient (Wildman–Crippen LogP) is 1.51. The van der Waals surface area contributed by atoms with Crippen molar-refractivity contribution < 1.29 is 9.53 Å². The van der Waals surface area contributed by atoms with E-state index in [9.17, 15) is 4.79 Å². The summed E-state index contributed by atoms with van der Waals surface area (Å²) in [6, 6.07) is 10.6. The number of amides is 1. The SMILES string of the molecule is N#Cc1cccc(C(=O)N2CCC(Oc3nccnc3C#N)C2)c1. The van der Waals surface area contributed by atoms with Crippen molar-refractivity contribution >= 4 is 5.91 Å². The number of benzene rings is 1. The van der Waals surface area contributed by atoms with Crippen LogP contribution in [-0.4, -0.2) is 40.0 Å². The minimum Gasteiger partial charge on any atom is -0.470 e. The first-order valence-electron chi connectivity index (χ1n) is 7.38. The summed E-state index contributed by atoms with van der Waals surface area (Å²) in [7, 11) is 0. The molecule has 0 aliphatic carbocycles. The van der Waals surface area contributed by atoms with Gasteiger partial charge in [-0.3, -0.25) is 4.79 Å². The van der Waals surface area contributed by atoms with Gasteiger partial charge in [0.15, 0.2) is 0 Å². The van der Waals surface area contributed by atoms with E-state index in [1.54, 1.807) is 29.2 Å². The zero-order valence-corrected chi connectivity index (χ0v) is 12.7. The smallest absolute Gasteiger partial charge is 0.254 e. The van der Waals surface area contributed by atoms with E-state index in [4.69, 9.17) is 15.3 Å². The monoisotopic (exact) mass is 319 g/mol. The van der Waals surface area contributed by atoms with Gasteiger partial charge in [-0.25, -0.2) is 9.97 Å². The van der Waals surface area contributed by atoms with E-state index in [0.29, 0.717) is 30.6 Å². The molecule has 1 atom stereocenters. The molecule has 1 unspecified atom stereocenters. The number of carbonyl (C=O) groups excluding carboxylic acids is 1. The molecule has 0 saturated carbocycles. The second kappa shape index (κ2) is 6.76. The first kappa shape index (κ1) is 15.4. The maximum Gasteiger partial charge on any atom is 0.254 e. The molecule has 2 aromatic rings. The topological polar surface area (TPSA) is 103 Å². The molecule has 1 aliphatic rings. The number of rotatable bonds is 3. The molecule has 0 bridgehead atoms. The Bertz CT molecular complexity index is 853. The molecule has 2 heterocycles. The van der Waals surface area contributed by atoms with Gasteiger partial charge in [0.25, 0.3) is 11.8 Å². The van der Waals surface area contributed by atoms with Crippen molar-refractivity contribution in [2.75, 3.05) is 13.1 Å². The Morgan fingerprint density at radius 3 is 2.88 bits per heavy atom. The van der Waals surface area contributed by atoms with Crippen LogP contribution in [0.4, 0.5) is 0 Å². The lowest BCUT2D eigenvalue weighted by Gasteiger charge is -2.17. The highest BCUT2D eigenvalue weighted by molar-refractivity contribution is 5.94. The van der Waals surface area contributed by atoms with Crippen molar-refractivity contribution in [2.45, 2.75) is 12.5 Å². The average molecular weight is 319 g/mol. The third-order valence-corrected chi connectivity index (χ3v) is 3.72. The second-order valence-electron chi connectivity index (χ2n) is 5.29. The molecule has 1 fully saturated rings. The highest BCUT2D eigenvalue weighted by atomic mass is 16.5. The summed E-state index contributed by atoms with van der Waals surface area (Å²) in [4.78, 5) is 22.1. The van der Waals surface area contributed by atoms with Crippen molar-refractivity contribution in [3.05, 3.63) is 53.5 Å². The Hall–Kier alpha value is -3.45. The summed E-state index contributed by atoms with van der Waals surface area (Å²) in [6.07, 6.45) is 3.29. The van der Waals surface area contributed by atoms with Gasteiger partial charge in [-0.15, -0.1) is 0 Å². The molecule has 1 aromatic carbocycles. The Labute approximate surface area is 138 Å². The number of likely N-dealkylation sites (tertiary alicyclic amines) is 1. The van der Waals surface area contributed by atoms with Gasteiger partial charge in [0.2, 0.25) is 5.69 Å². The number of ether oxygens (including phenoxy) is 1. The Morgan fingerprint density at radius 2 is 2.08 bits per heavy atom. The van der Waals surface area contributed by atoms with E-state index >= 15 is 0 Å². The number of nitriles is 2. The fourth-order valence-corrected chi connectivity index (χ4v) is 2.56. The average Bonchev–Trinajstić information content (AvgIpc) is 3.10. The van der Waals surface area contributed by atoms with Crippen LogP contribution < -0.4 is 4.74 Å². The normalized spacial score (nSPS) is 16.2. The van der Waals surface area contributed by atoms with E-state index < -0.39 is 0 Å². The number of carbonyl (C=O) groups is 1. The summed E-state index contributed by atoms with van der Waals surface area (Å²) in [6.45, 7) is 0.944. The maximum atomic E-state index is 12.5. The van der Waals surface area contributed by atoms with Crippen molar-refractivity contribution in [1.82, 2.24) is 14.9 Å². The first-order valence-corrected chi connectivity index (χ1v) is 7.38. The third kappa shape index (κ3) is 3.16. The van der Waals surface area contributed by atoms with Gasteiger partial charge in [-0.1, -0.05) is 6.07 Å². The van der Waals surface area contributed by atoms with Gasteiger partial charge in [-0.2, -0.15) is 10.5 Å². The van der Waals surface area contributed by atoms with E-state index in [-0.39, 0.29) is 23.6 Å². The van der Waals surface area contributed by atoms with Gasteiger partial charge in [-0.05, 0) is 18.2 Å². The summed E-state index contributed by atoms with van der Waals surface area (Å²) in [5.41, 5.74) is 1.06.